The number of aromatic nitrogens is 6. The van der Waals surface area contributed by atoms with Crippen molar-refractivity contribution in [2.75, 3.05) is 14.2 Å². The quantitative estimate of drug-likeness (QED) is 0.400. The smallest absolute Gasteiger partial charge is 0.266 e. The number of methoxy groups -OCH3 is 2. The lowest BCUT2D eigenvalue weighted by molar-refractivity contribution is 0.392. The minimum absolute atomic E-state index is 0.250. The first kappa shape index (κ1) is 20.0. The number of fused-ring (bicyclic) bond motifs is 2. The Morgan fingerprint density at radius 2 is 1.91 bits per heavy atom. The number of thiol groups is 1. The zero-order valence-corrected chi connectivity index (χ0v) is 18.1. The maximum Gasteiger partial charge on any atom is 0.266 e. The van der Waals surface area contributed by atoms with Crippen LogP contribution in [-0.4, -0.2) is 43.7 Å². The molecule has 0 saturated carbocycles. The fourth-order valence-corrected chi connectivity index (χ4v) is 4.00. The van der Waals surface area contributed by atoms with Gasteiger partial charge in [-0.25, -0.2) is 19.9 Å². The van der Waals surface area contributed by atoms with E-state index in [0.717, 1.165) is 0 Å². The van der Waals surface area contributed by atoms with Crippen molar-refractivity contribution in [3.63, 3.8) is 0 Å². The molecule has 0 aliphatic heterocycles. The molecule has 0 spiro atoms. The number of nitrogens with zero attached hydrogens (tertiary/aromatic N) is 5. The van der Waals surface area contributed by atoms with E-state index in [4.69, 9.17) is 27.1 Å². The van der Waals surface area contributed by atoms with Gasteiger partial charge in [0.05, 0.1) is 42.8 Å². The Bertz CT molecular complexity index is 1510. The molecule has 1 unspecified atom stereocenters. The minimum Gasteiger partial charge on any atom is -0.497 e. The second-order valence-corrected chi connectivity index (χ2v) is 7.44. The van der Waals surface area contributed by atoms with E-state index in [-0.39, 0.29) is 5.56 Å². The van der Waals surface area contributed by atoms with Gasteiger partial charge in [-0.2, -0.15) is 12.6 Å². The van der Waals surface area contributed by atoms with Gasteiger partial charge >= 0.3 is 0 Å². The van der Waals surface area contributed by atoms with Gasteiger partial charge in [0.25, 0.3) is 5.56 Å². The molecule has 32 heavy (non-hydrogen) atoms. The third-order valence-corrected chi connectivity index (χ3v) is 5.65. The molecule has 3 aromatic heterocycles. The van der Waals surface area contributed by atoms with Crippen LogP contribution in [0.4, 0.5) is 0 Å². The molecule has 0 aliphatic rings. The van der Waals surface area contributed by atoms with Crippen molar-refractivity contribution in [2.24, 2.45) is 0 Å². The molecular formula is C22H18N6O3S. The molecule has 3 heterocycles. The molecule has 1 atom stereocenters. The van der Waals surface area contributed by atoms with Gasteiger partial charge in [0.15, 0.2) is 5.65 Å². The SMILES string of the molecule is COc1ccc(-n2c(C(S)c3ncnc4[nH]cnc34)nc3ccccc3c2=O)c(OC)c1. The first-order valence-electron chi connectivity index (χ1n) is 9.68. The van der Waals surface area contributed by atoms with Crippen molar-refractivity contribution < 1.29 is 9.47 Å². The highest BCUT2D eigenvalue weighted by molar-refractivity contribution is 7.80. The third-order valence-electron chi connectivity index (χ3n) is 5.18. The summed E-state index contributed by atoms with van der Waals surface area (Å²) in [4.78, 5) is 34.3. The first-order chi connectivity index (χ1) is 15.6. The monoisotopic (exact) mass is 446 g/mol. The highest BCUT2D eigenvalue weighted by Crippen LogP contribution is 2.34. The van der Waals surface area contributed by atoms with Gasteiger partial charge in [0.1, 0.15) is 34.4 Å². The average Bonchev–Trinajstić information content (AvgIpc) is 3.32. The molecule has 0 amide bonds. The number of hydrogen-bond donors (Lipinski definition) is 2. The van der Waals surface area contributed by atoms with Crippen LogP contribution in [0.15, 0.2) is 59.9 Å². The Labute approximate surface area is 187 Å². The molecule has 10 heteroatoms. The van der Waals surface area contributed by atoms with E-state index in [1.165, 1.54) is 24.3 Å². The molecule has 2 aromatic carbocycles. The molecule has 5 rings (SSSR count). The van der Waals surface area contributed by atoms with E-state index in [1.54, 1.807) is 43.5 Å². The minimum atomic E-state index is -0.673. The maximum absolute atomic E-state index is 13.7. The third kappa shape index (κ3) is 3.16. The van der Waals surface area contributed by atoms with Crippen LogP contribution in [-0.2, 0) is 0 Å². The molecule has 0 saturated heterocycles. The summed E-state index contributed by atoms with van der Waals surface area (Å²) in [5.74, 6) is 1.44. The van der Waals surface area contributed by atoms with Crippen molar-refractivity contribution in [3.8, 4) is 17.2 Å². The van der Waals surface area contributed by atoms with Crippen LogP contribution in [0.25, 0.3) is 27.8 Å². The van der Waals surface area contributed by atoms with Gasteiger partial charge in [-0.15, -0.1) is 0 Å². The number of H-pyrrole nitrogens is 1. The van der Waals surface area contributed by atoms with Crippen LogP contribution in [0.2, 0.25) is 0 Å². The van der Waals surface area contributed by atoms with Crippen molar-refractivity contribution >= 4 is 34.7 Å². The highest BCUT2D eigenvalue weighted by atomic mass is 32.1. The Hall–Kier alpha value is -3.92. The van der Waals surface area contributed by atoms with E-state index < -0.39 is 5.25 Å². The van der Waals surface area contributed by atoms with E-state index in [9.17, 15) is 4.79 Å². The topological polar surface area (TPSA) is 108 Å². The Balaban J connectivity index is 1.83. The summed E-state index contributed by atoms with van der Waals surface area (Å²) >= 11 is 4.82. The Morgan fingerprint density at radius 3 is 2.72 bits per heavy atom. The number of imidazole rings is 1. The lowest BCUT2D eigenvalue weighted by Crippen LogP contribution is -2.25. The van der Waals surface area contributed by atoms with Gasteiger partial charge in [-0.05, 0) is 24.3 Å². The molecule has 9 nitrogen and oxygen atoms in total. The normalized spacial score (nSPS) is 12.2. The van der Waals surface area contributed by atoms with E-state index in [1.807, 2.05) is 6.07 Å². The number of ether oxygens (including phenoxy) is 2. The molecule has 5 aromatic rings. The van der Waals surface area contributed by atoms with E-state index in [2.05, 4.69) is 19.9 Å². The van der Waals surface area contributed by atoms with Gasteiger partial charge < -0.3 is 14.5 Å². The van der Waals surface area contributed by atoms with Crippen molar-refractivity contribution in [1.29, 1.82) is 0 Å². The number of nitrogens with one attached hydrogen (secondary N) is 1. The number of aromatic amines is 1. The number of hydrogen-bond acceptors (Lipinski definition) is 8. The fourth-order valence-electron chi connectivity index (χ4n) is 3.64. The van der Waals surface area contributed by atoms with Crippen molar-refractivity contribution in [1.82, 2.24) is 29.5 Å². The molecule has 0 aliphatic carbocycles. The zero-order chi connectivity index (χ0) is 22.2. The second kappa shape index (κ2) is 7.97. The largest absolute Gasteiger partial charge is 0.497 e. The fraction of sp³-hybridized carbons (Fsp3) is 0.136. The van der Waals surface area contributed by atoms with E-state index >= 15 is 0 Å². The molecular weight excluding hydrogens is 428 g/mol. The van der Waals surface area contributed by atoms with Crippen LogP contribution < -0.4 is 15.0 Å². The van der Waals surface area contributed by atoms with Gasteiger partial charge in [0.2, 0.25) is 0 Å². The number of benzene rings is 2. The molecule has 160 valence electrons. The standard InChI is InChI=1S/C22H18N6O3S/c1-30-12-7-8-15(16(9-12)31-2)28-21(27-14-6-4-3-5-13(14)22(28)29)19(32)17-18-20(25-10-23-17)26-11-24-18/h3-11,19,32H,1-2H3,(H,23,24,25,26). The van der Waals surface area contributed by atoms with Crippen LogP contribution in [0.1, 0.15) is 16.8 Å². The summed E-state index contributed by atoms with van der Waals surface area (Å²) in [7, 11) is 3.10. The lowest BCUT2D eigenvalue weighted by Gasteiger charge is -2.20. The molecule has 0 fully saturated rings. The predicted molar refractivity (Wildman–Crippen MR) is 123 cm³/mol. The van der Waals surface area contributed by atoms with Gasteiger partial charge in [0, 0.05) is 6.07 Å². The van der Waals surface area contributed by atoms with Crippen LogP contribution in [0.5, 0.6) is 11.5 Å². The van der Waals surface area contributed by atoms with Crippen LogP contribution in [0, 0.1) is 0 Å². The zero-order valence-electron chi connectivity index (χ0n) is 17.2. The van der Waals surface area contributed by atoms with E-state index in [0.29, 0.717) is 50.8 Å². The second-order valence-electron chi connectivity index (χ2n) is 6.93. The van der Waals surface area contributed by atoms with Crippen LogP contribution in [0.3, 0.4) is 0 Å². The van der Waals surface area contributed by atoms with Gasteiger partial charge in [-0.3, -0.25) is 9.36 Å². The lowest BCUT2D eigenvalue weighted by atomic mass is 10.1. The van der Waals surface area contributed by atoms with Crippen molar-refractivity contribution in [3.05, 3.63) is 77.0 Å². The molecule has 0 bridgehead atoms. The Kier molecular flexibility index (Phi) is 4.98. The molecule has 0 radical (unpaired) electrons. The average molecular weight is 446 g/mol. The summed E-state index contributed by atoms with van der Waals surface area (Å²) in [6.45, 7) is 0. The van der Waals surface area contributed by atoms with Gasteiger partial charge in [-0.1, -0.05) is 12.1 Å². The Morgan fingerprint density at radius 1 is 1.06 bits per heavy atom. The summed E-state index contributed by atoms with van der Waals surface area (Å²) < 4.78 is 12.4. The number of rotatable bonds is 5. The predicted octanol–water partition coefficient (Wildman–Crippen LogP) is 3.09. The van der Waals surface area contributed by atoms with Crippen molar-refractivity contribution in [2.45, 2.75) is 5.25 Å². The summed E-state index contributed by atoms with van der Waals surface area (Å²) in [5.41, 5.74) is 2.48. The molecule has 1 N–H and O–H groups in total. The maximum atomic E-state index is 13.7. The first-order valence-corrected chi connectivity index (χ1v) is 10.2. The van der Waals surface area contributed by atoms with Crippen LogP contribution >= 0.6 is 12.6 Å². The highest BCUT2D eigenvalue weighted by Gasteiger charge is 2.25. The summed E-state index contributed by atoms with van der Waals surface area (Å²) in [6.07, 6.45) is 2.97. The summed E-state index contributed by atoms with van der Waals surface area (Å²) in [6, 6.07) is 12.4. The number of para-hydroxylation sites is 1. The summed E-state index contributed by atoms with van der Waals surface area (Å²) in [5, 5.41) is -0.199.